The molecule has 12 nitrogen and oxygen atoms in total. The van der Waals surface area contributed by atoms with Crippen LogP contribution in [0.5, 0.6) is 11.5 Å². The van der Waals surface area contributed by atoms with Crippen LogP contribution in [0.1, 0.15) is 23.2 Å². The maximum atomic E-state index is 13.8. The van der Waals surface area contributed by atoms with Gasteiger partial charge < -0.3 is 24.6 Å². The van der Waals surface area contributed by atoms with Crippen molar-refractivity contribution in [3.8, 4) is 17.6 Å². The van der Waals surface area contributed by atoms with E-state index in [0.717, 1.165) is 21.5 Å². The fourth-order valence-corrected chi connectivity index (χ4v) is 4.22. The van der Waals surface area contributed by atoms with E-state index in [-0.39, 0.29) is 47.3 Å². The molecule has 0 atom stereocenters. The number of carbonyl (C=O) groups excluding carboxylic acids is 1. The number of ether oxygens (including phenoxy) is 1. The number of nitrogens with one attached hydrogen (secondary N) is 1. The highest BCUT2D eigenvalue weighted by atomic mass is 35.5. The Labute approximate surface area is 240 Å². The van der Waals surface area contributed by atoms with E-state index in [1.54, 1.807) is 12.1 Å². The molecule has 3 aromatic heterocycles. The van der Waals surface area contributed by atoms with Crippen molar-refractivity contribution in [2.24, 2.45) is 0 Å². The third kappa shape index (κ3) is 6.61. The number of nitrogens with zero attached hydrogens (tertiary/aromatic N) is 6. The average molecular weight is 604 g/mol. The second kappa shape index (κ2) is 12.2. The zero-order valence-corrected chi connectivity index (χ0v) is 22.5. The number of rotatable bonds is 8. The quantitative estimate of drug-likeness (QED) is 0.278. The number of carbonyl (C=O) groups is 2. The van der Waals surface area contributed by atoms with E-state index in [4.69, 9.17) is 26.7 Å². The number of aromatic nitrogens is 4. The van der Waals surface area contributed by atoms with Gasteiger partial charge in [-0.05, 0) is 42.8 Å². The molecule has 0 saturated carbocycles. The molecule has 0 aliphatic rings. The number of hydrogen-bond acceptors (Lipinski definition) is 7. The molecule has 4 rings (SSSR count). The van der Waals surface area contributed by atoms with E-state index in [2.05, 4.69) is 15.4 Å². The molecule has 4 aromatic rings. The number of amides is 2. The summed E-state index contributed by atoms with van der Waals surface area (Å²) in [7, 11) is 1.48. The van der Waals surface area contributed by atoms with Crippen LogP contribution in [0.4, 0.5) is 22.8 Å². The molecular formula is C26H21ClF3N7O5. The second-order valence-electron chi connectivity index (χ2n) is 8.90. The monoisotopic (exact) mass is 603 g/mol. The highest BCUT2D eigenvalue weighted by Crippen LogP contribution is 2.36. The smallest absolute Gasteiger partial charge is 0.420 e. The van der Waals surface area contributed by atoms with Crippen molar-refractivity contribution >= 4 is 34.8 Å². The summed E-state index contributed by atoms with van der Waals surface area (Å²) in [5.74, 6) is -1.28. The van der Waals surface area contributed by atoms with Gasteiger partial charge in [-0.15, -0.1) is 0 Å². The van der Waals surface area contributed by atoms with Crippen molar-refractivity contribution in [3.63, 3.8) is 0 Å². The minimum absolute atomic E-state index is 0.0135. The van der Waals surface area contributed by atoms with Crippen LogP contribution in [0.2, 0.25) is 5.02 Å². The molecule has 42 heavy (non-hydrogen) atoms. The van der Waals surface area contributed by atoms with Crippen LogP contribution in [-0.2, 0) is 12.7 Å². The largest absolute Gasteiger partial charge is 0.465 e. The van der Waals surface area contributed by atoms with E-state index in [1.165, 1.54) is 30.3 Å². The number of hydrogen-bond donors (Lipinski definition) is 2. The van der Waals surface area contributed by atoms with Crippen molar-refractivity contribution in [3.05, 3.63) is 81.0 Å². The van der Waals surface area contributed by atoms with Gasteiger partial charge in [0.15, 0.2) is 5.65 Å². The van der Waals surface area contributed by atoms with Gasteiger partial charge in [-0.25, -0.2) is 14.6 Å². The highest BCUT2D eigenvalue weighted by Gasteiger charge is 2.37. The maximum absolute atomic E-state index is 13.8. The topological polar surface area (TPSA) is 155 Å². The summed E-state index contributed by atoms with van der Waals surface area (Å²) in [6.07, 6.45) is -3.46. The number of carboxylic acid groups (broad SMARTS) is 1. The summed E-state index contributed by atoms with van der Waals surface area (Å²) in [4.78, 5) is 42.6. The van der Waals surface area contributed by atoms with E-state index < -0.39 is 35.2 Å². The molecule has 0 saturated heterocycles. The Morgan fingerprint density at radius 3 is 2.71 bits per heavy atom. The normalized spacial score (nSPS) is 11.2. The van der Waals surface area contributed by atoms with E-state index >= 15 is 0 Å². The molecular weight excluding hydrogens is 583 g/mol. The number of fused-ring (bicyclic) bond motifs is 1. The van der Waals surface area contributed by atoms with Crippen LogP contribution in [0.25, 0.3) is 11.0 Å². The van der Waals surface area contributed by atoms with Gasteiger partial charge in [-0.3, -0.25) is 4.79 Å². The van der Waals surface area contributed by atoms with Gasteiger partial charge >= 0.3 is 18.3 Å². The van der Waals surface area contributed by atoms with Crippen LogP contribution >= 0.6 is 11.6 Å². The number of benzene rings is 1. The number of pyridine rings is 2. The van der Waals surface area contributed by atoms with E-state index in [9.17, 15) is 27.6 Å². The molecule has 16 heteroatoms. The molecule has 0 spiro atoms. The Morgan fingerprint density at radius 1 is 1.26 bits per heavy atom. The first kappa shape index (κ1) is 29.9. The first-order valence-corrected chi connectivity index (χ1v) is 12.5. The summed E-state index contributed by atoms with van der Waals surface area (Å²) in [5.41, 5.74) is -2.17. The van der Waals surface area contributed by atoms with Crippen LogP contribution < -0.4 is 15.6 Å². The van der Waals surface area contributed by atoms with Gasteiger partial charge in [0, 0.05) is 42.9 Å². The predicted octanol–water partition coefficient (Wildman–Crippen LogP) is 4.54. The first-order valence-electron chi connectivity index (χ1n) is 12.1. The summed E-state index contributed by atoms with van der Waals surface area (Å²) < 4.78 is 48.8. The molecule has 0 unspecified atom stereocenters. The minimum atomic E-state index is -4.95. The maximum Gasteiger partial charge on any atom is 0.420 e. The second-order valence-corrected chi connectivity index (χ2v) is 9.34. The molecule has 3 heterocycles. The van der Waals surface area contributed by atoms with Crippen LogP contribution in [-0.4, -0.2) is 61.6 Å². The van der Waals surface area contributed by atoms with Gasteiger partial charge in [0.2, 0.25) is 5.75 Å². The molecule has 0 aliphatic heterocycles. The fraction of sp³-hybridized carbons (Fsp3) is 0.231. The Hall–Kier alpha value is -5.10. The lowest BCUT2D eigenvalue weighted by atomic mass is 10.2. The van der Waals surface area contributed by atoms with Gasteiger partial charge in [0.1, 0.15) is 11.3 Å². The van der Waals surface area contributed by atoms with E-state index in [0.29, 0.717) is 17.9 Å². The number of halogens is 4. The lowest BCUT2D eigenvalue weighted by molar-refractivity contribution is -0.138. The summed E-state index contributed by atoms with van der Waals surface area (Å²) in [5, 5.41) is 24.7. The van der Waals surface area contributed by atoms with Gasteiger partial charge in [0.05, 0.1) is 23.9 Å². The zero-order valence-electron chi connectivity index (χ0n) is 21.7. The van der Waals surface area contributed by atoms with Crippen molar-refractivity contribution in [2.75, 3.05) is 20.1 Å². The number of alkyl halides is 3. The molecule has 0 bridgehead atoms. The molecule has 2 N–H and O–H groups in total. The standard InChI is InChI=1S/C26H21ClF3N7O5/c1-35(8-3-7-33-24(39)40)25(41)37-22-18(4-2-6-32-22)20(34-37)14-36-9-5-19(26(28,29)30)21(23(36)38)42-17-11-15(13-31)10-16(27)12-17/h2,4-6,9-12,33H,3,7-8,14H2,1H3,(H,39,40). The summed E-state index contributed by atoms with van der Waals surface area (Å²) in [6, 6.07) is 8.63. The first-order chi connectivity index (χ1) is 19.9. The van der Waals surface area contributed by atoms with Gasteiger partial charge in [-0.2, -0.15) is 28.2 Å². The fourth-order valence-electron chi connectivity index (χ4n) is 4.00. The lowest BCUT2D eigenvalue weighted by Crippen LogP contribution is -2.34. The van der Waals surface area contributed by atoms with Crippen molar-refractivity contribution in [2.45, 2.75) is 19.1 Å². The Kier molecular flexibility index (Phi) is 8.67. The third-order valence-corrected chi connectivity index (χ3v) is 6.16. The summed E-state index contributed by atoms with van der Waals surface area (Å²) >= 11 is 5.95. The zero-order chi connectivity index (χ0) is 30.6. The SMILES string of the molecule is CN(CCCNC(=O)O)C(=O)n1nc(Cn2ccc(C(F)(F)F)c(Oc3cc(Cl)cc(C#N)c3)c2=O)c2cccnc21. The Bertz CT molecular complexity index is 1760. The molecule has 1 aromatic carbocycles. The molecule has 0 radical (unpaired) electrons. The molecule has 0 aliphatic carbocycles. The minimum Gasteiger partial charge on any atom is -0.465 e. The van der Waals surface area contributed by atoms with Gasteiger partial charge in [0.25, 0.3) is 5.56 Å². The van der Waals surface area contributed by atoms with Crippen molar-refractivity contribution in [1.29, 1.82) is 5.26 Å². The third-order valence-electron chi connectivity index (χ3n) is 5.94. The van der Waals surface area contributed by atoms with E-state index in [1.807, 2.05) is 6.07 Å². The molecule has 0 fully saturated rings. The number of nitriles is 1. The van der Waals surface area contributed by atoms with Crippen LogP contribution in [0, 0.1) is 11.3 Å². The highest BCUT2D eigenvalue weighted by molar-refractivity contribution is 6.30. The van der Waals surface area contributed by atoms with Crippen LogP contribution in [0.15, 0.2) is 53.6 Å². The molecule has 2 amide bonds. The Morgan fingerprint density at radius 2 is 2.02 bits per heavy atom. The average Bonchev–Trinajstić information content (AvgIpc) is 3.29. The van der Waals surface area contributed by atoms with Crippen LogP contribution in [0.3, 0.4) is 0 Å². The van der Waals surface area contributed by atoms with Crippen molar-refractivity contribution < 1.29 is 32.6 Å². The molecule has 218 valence electrons. The van der Waals surface area contributed by atoms with Gasteiger partial charge in [-0.1, -0.05) is 11.6 Å². The lowest BCUT2D eigenvalue weighted by Gasteiger charge is -2.16. The predicted molar refractivity (Wildman–Crippen MR) is 143 cm³/mol. The summed E-state index contributed by atoms with van der Waals surface area (Å²) in [6.45, 7) is -0.0513. The Balaban J connectivity index is 1.70. The van der Waals surface area contributed by atoms with Crippen molar-refractivity contribution in [1.82, 2.24) is 29.5 Å².